The SMILES string of the molecule is Cc1nccn1Cc1ccc(NC(=O)c2ccc(CSc3ncn[nH]3)cc2)cc1. The molecule has 1 amide bonds. The first kappa shape index (κ1) is 18.9. The van der Waals surface area contributed by atoms with E-state index in [1.807, 2.05) is 61.7 Å². The summed E-state index contributed by atoms with van der Waals surface area (Å²) in [5, 5.41) is 10.4. The van der Waals surface area contributed by atoms with Crippen molar-refractivity contribution < 1.29 is 4.79 Å². The maximum Gasteiger partial charge on any atom is 0.255 e. The minimum absolute atomic E-state index is 0.127. The van der Waals surface area contributed by atoms with Crippen LogP contribution in [0.1, 0.15) is 27.3 Å². The van der Waals surface area contributed by atoms with Gasteiger partial charge in [-0.25, -0.2) is 9.97 Å². The Balaban J connectivity index is 1.33. The molecule has 0 aliphatic carbocycles. The minimum atomic E-state index is -0.127. The molecule has 0 aliphatic rings. The normalized spacial score (nSPS) is 10.8. The molecular weight excluding hydrogens is 384 g/mol. The number of nitrogens with one attached hydrogen (secondary N) is 2. The van der Waals surface area contributed by atoms with Crippen molar-refractivity contribution in [3.05, 3.63) is 89.8 Å². The number of hydrogen-bond acceptors (Lipinski definition) is 5. The van der Waals surface area contributed by atoms with Crippen LogP contribution in [0.25, 0.3) is 0 Å². The van der Waals surface area contributed by atoms with Gasteiger partial charge in [0.1, 0.15) is 12.2 Å². The van der Waals surface area contributed by atoms with Crippen LogP contribution in [0, 0.1) is 6.92 Å². The molecule has 0 atom stereocenters. The van der Waals surface area contributed by atoms with Gasteiger partial charge in [-0.3, -0.25) is 9.89 Å². The fraction of sp³-hybridized carbons (Fsp3) is 0.143. The maximum atomic E-state index is 12.5. The molecule has 0 bridgehead atoms. The Morgan fingerprint density at radius 2 is 1.83 bits per heavy atom. The molecule has 0 unspecified atom stereocenters. The van der Waals surface area contributed by atoms with Crippen LogP contribution in [0.3, 0.4) is 0 Å². The van der Waals surface area contributed by atoms with E-state index in [4.69, 9.17) is 0 Å². The second-order valence-electron chi connectivity index (χ2n) is 6.53. The Morgan fingerprint density at radius 1 is 1.07 bits per heavy atom. The second-order valence-corrected chi connectivity index (χ2v) is 7.49. The van der Waals surface area contributed by atoms with E-state index < -0.39 is 0 Å². The lowest BCUT2D eigenvalue weighted by Gasteiger charge is -2.09. The highest BCUT2D eigenvalue weighted by Gasteiger charge is 2.07. The number of thioether (sulfide) groups is 1. The lowest BCUT2D eigenvalue weighted by molar-refractivity contribution is 0.102. The molecule has 4 aromatic rings. The molecule has 146 valence electrons. The number of amides is 1. The van der Waals surface area contributed by atoms with Gasteiger partial charge < -0.3 is 9.88 Å². The fourth-order valence-corrected chi connectivity index (χ4v) is 3.57. The zero-order chi connectivity index (χ0) is 20.1. The number of aryl methyl sites for hydroxylation is 1. The van der Waals surface area contributed by atoms with E-state index in [0.29, 0.717) is 5.56 Å². The Hall–Kier alpha value is -3.39. The smallest absolute Gasteiger partial charge is 0.255 e. The van der Waals surface area contributed by atoms with Gasteiger partial charge >= 0.3 is 0 Å². The van der Waals surface area contributed by atoms with Crippen molar-refractivity contribution in [2.75, 3.05) is 5.32 Å². The van der Waals surface area contributed by atoms with Crippen molar-refractivity contribution in [2.24, 2.45) is 0 Å². The van der Waals surface area contributed by atoms with Gasteiger partial charge in [0.25, 0.3) is 5.91 Å². The first-order chi connectivity index (χ1) is 14.2. The number of aromatic amines is 1. The summed E-state index contributed by atoms with van der Waals surface area (Å²) in [4.78, 5) is 20.8. The van der Waals surface area contributed by atoms with Crippen LogP contribution in [0.15, 0.2) is 72.4 Å². The van der Waals surface area contributed by atoms with E-state index in [0.717, 1.165) is 40.1 Å². The van der Waals surface area contributed by atoms with E-state index in [1.54, 1.807) is 18.0 Å². The monoisotopic (exact) mass is 404 g/mol. The molecule has 0 saturated heterocycles. The quantitative estimate of drug-likeness (QED) is 0.456. The highest BCUT2D eigenvalue weighted by molar-refractivity contribution is 7.98. The number of aromatic nitrogens is 5. The number of carbonyl (C=O) groups is 1. The number of rotatable bonds is 7. The molecule has 7 nitrogen and oxygen atoms in total. The molecule has 0 radical (unpaired) electrons. The van der Waals surface area contributed by atoms with Crippen molar-refractivity contribution in [1.29, 1.82) is 0 Å². The molecule has 0 aliphatic heterocycles. The van der Waals surface area contributed by atoms with Crippen LogP contribution in [0.4, 0.5) is 5.69 Å². The summed E-state index contributed by atoms with van der Waals surface area (Å²) >= 11 is 1.56. The Bertz CT molecular complexity index is 1070. The van der Waals surface area contributed by atoms with E-state index >= 15 is 0 Å². The standard InChI is InChI=1S/C21H20N6OS/c1-15-22-10-11-27(15)12-16-4-8-19(9-5-16)25-20(28)18-6-2-17(3-7-18)13-29-21-23-14-24-26-21/h2-11,14H,12-13H2,1H3,(H,25,28)(H,23,24,26). The number of nitrogens with zero attached hydrogens (tertiary/aromatic N) is 4. The first-order valence-corrected chi connectivity index (χ1v) is 10.1. The lowest BCUT2D eigenvalue weighted by Crippen LogP contribution is -2.12. The summed E-state index contributed by atoms with van der Waals surface area (Å²) in [6.07, 6.45) is 5.24. The number of imidazole rings is 1. The molecule has 8 heteroatoms. The number of H-pyrrole nitrogens is 1. The Morgan fingerprint density at radius 3 is 2.48 bits per heavy atom. The zero-order valence-corrected chi connectivity index (χ0v) is 16.7. The Labute approximate surface area is 172 Å². The van der Waals surface area contributed by atoms with Crippen molar-refractivity contribution in [1.82, 2.24) is 24.7 Å². The summed E-state index contributed by atoms with van der Waals surface area (Å²) in [6.45, 7) is 2.74. The first-order valence-electron chi connectivity index (χ1n) is 9.12. The molecule has 0 saturated carbocycles. The van der Waals surface area contributed by atoms with Gasteiger partial charge in [-0.05, 0) is 42.3 Å². The zero-order valence-electron chi connectivity index (χ0n) is 15.9. The van der Waals surface area contributed by atoms with Crippen molar-refractivity contribution in [3.8, 4) is 0 Å². The second kappa shape index (κ2) is 8.74. The highest BCUT2D eigenvalue weighted by Crippen LogP contribution is 2.19. The third kappa shape index (κ3) is 4.91. The number of anilines is 1. The molecule has 0 spiro atoms. The van der Waals surface area contributed by atoms with Crippen molar-refractivity contribution in [2.45, 2.75) is 24.4 Å². The van der Waals surface area contributed by atoms with Gasteiger partial charge in [0, 0.05) is 35.9 Å². The van der Waals surface area contributed by atoms with E-state index in [2.05, 4.69) is 30.0 Å². The number of hydrogen-bond donors (Lipinski definition) is 2. The molecule has 2 heterocycles. The lowest BCUT2D eigenvalue weighted by atomic mass is 10.1. The van der Waals surface area contributed by atoms with Crippen LogP contribution in [-0.2, 0) is 12.3 Å². The summed E-state index contributed by atoms with van der Waals surface area (Å²) in [5.74, 6) is 1.61. The summed E-state index contributed by atoms with van der Waals surface area (Å²) in [5.41, 5.74) is 3.65. The van der Waals surface area contributed by atoms with Crippen LogP contribution < -0.4 is 5.32 Å². The van der Waals surface area contributed by atoms with Crippen molar-refractivity contribution in [3.63, 3.8) is 0 Å². The van der Waals surface area contributed by atoms with Crippen molar-refractivity contribution >= 4 is 23.4 Å². The predicted molar refractivity (Wildman–Crippen MR) is 113 cm³/mol. The third-order valence-electron chi connectivity index (χ3n) is 4.47. The van der Waals surface area contributed by atoms with Gasteiger partial charge in [0.2, 0.25) is 0 Å². The molecule has 2 aromatic heterocycles. The summed E-state index contributed by atoms with van der Waals surface area (Å²) < 4.78 is 2.08. The third-order valence-corrected chi connectivity index (χ3v) is 5.42. The Kier molecular flexibility index (Phi) is 5.71. The van der Waals surface area contributed by atoms with Gasteiger partial charge in [0.15, 0.2) is 5.16 Å². The summed E-state index contributed by atoms with van der Waals surface area (Å²) in [7, 11) is 0. The maximum absolute atomic E-state index is 12.5. The van der Waals surface area contributed by atoms with Gasteiger partial charge in [-0.2, -0.15) is 5.10 Å². The van der Waals surface area contributed by atoms with E-state index in [-0.39, 0.29) is 5.91 Å². The van der Waals surface area contributed by atoms with Gasteiger partial charge in [-0.15, -0.1) is 0 Å². The molecule has 2 aromatic carbocycles. The number of benzene rings is 2. The van der Waals surface area contributed by atoms with Crippen LogP contribution in [0.2, 0.25) is 0 Å². The average molecular weight is 404 g/mol. The highest BCUT2D eigenvalue weighted by atomic mass is 32.2. The molecular formula is C21H20N6OS. The van der Waals surface area contributed by atoms with E-state index in [9.17, 15) is 4.79 Å². The molecule has 2 N–H and O–H groups in total. The van der Waals surface area contributed by atoms with Crippen LogP contribution in [0.5, 0.6) is 0 Å². The number of carbonyl (C=O) groups excluding carboxylic acids is 1. The summed E-state index contributed by atoms with van der Waals surface area (Å²) in [6, 6.07) is 15.4. The van der Waals surface area contributed by atoms with Gasteiger partial charge in [0.05, 0.1) is 0 Å². The van der Waals surface area contributed by atoms with Crippen LogP contribution in [-0.4, -0.2) is 30.6 Å². The largest absolute Gasteiger partial charge is 0.331 e. The fourth-order valence-electron chi connectivity index (χ4n) is 2.83. The molecule has 29 heavy (non-hydrogen) atoms. The topological polar surface area (TPSA) is 88.5 Å². The van der Waals surface area contributed by atoms with Gasteiger partial charge in [-0.1, -0.05) is 36.0 Å². The van der Waals surface area contributed by atoms with E-state index in [1.165, 1.54) is 6.33 Å². The van der Waals surface area contributed by atoms with Crippen LogP contribution >= 0.6 is 11.8 Å². The molecule has 0 fully saturated rings. The minimum Gasteiger partial charge on any atom is -0.331 e. The molecule has 4 rings (SSSR count). The predicted octanol–water partition coefficient (Wildman–Crippen LogP) is 3.90. The average Bonchev–Trinajstić information content (AvgIpc) is 3.40.